The van der Waals surface area contributed by atoms with Crippen molar-refractivity contribution in [2.75, 3.05) is 10.6 Å². The molecule has 3 rings (SSSR count). The summed E-state index contributed by atoms with van der Waals surface area (Å²) in [6.45, 7) is 1.86. The first kappa shape index (κ1) is 15.5. The molecule has 2 heterocycles. The summed E-state index contributed by atoms with van der Waals surface area (Å²) in [5.74, 6) is -0.336. The Hall–Kier alpha value is -3.41. The molecule has 3 aromatic rings. The number of benzene rings is 1. The van der Waals surface area contributed by atoms with E-state index in [-0.39, 0.29) is 17.6 Å². The lowest BCUT2D eigenvalue weighted by molar-refractivity contribution is 0.0994. The second-order valence-corrected chi connectivity index (χ2v) is 5.15. The molecule has 6 nitrogen and oxygen atoms in total. The Labute approximate surface area is 138 Å². The van der Waals surface area contributed by atoms with Crippen molar-refractivity contribution >= 4 is 23.2 Å². The third kappa shape index (κ3) is 3.67. The average molecular weight is 321 g/mol. The van der Waals surface area contributed by atoms with Gasteiger partial charge in [0, 0.05) is 23.3 Å². The zero-order valence-corrected chi connectivity index (χ0v) is 12.9. The summed E-state index contributed by atoms with van der Waals surface area (Å²) >= 11 is 0. The number of nitrogens with zero attached hydrogens (tertiary/aromatic N) is 1. The van der Waals surface area contributed by atoms with Crippen LogP contribution in [0.4, 0.5) is 11.4 Å². The van der Waals surface area contributed by atoms with Gasteiger partial charge in [0.1, 0.15) is 0 Å². The maximum Gasteiger partial charge on any atom is 0.291 e. The molecule has 0 bridgehead atoms. The van der Waals surface area contributed by atoms with Crippen LogP contribution in [-0.2, 0) is 0 Å². The van der Waals surface area contributed by atoms with Gasteiger partial charge >= 0.3 is 0 Å². The number of anilines is 2. The molecule has 2 aromatic heterocycles. The van der Waals surface area contributed by atoms with E-state index >= 15 is 0 Å². The van der Waals surface area contributed by atoms with E-state index in [9.17, 15) is 9.59 Å². The molecule has 0 unspecified atom stereocenters. The van der Waals surface area contributed by atoms with Crippen LogP contribution in [0.15, 0.2) is 65.4 Å². The molecule has 120 valence electrons. The van der Waals surface area contributed by atoms with E-state index in [1.54, 1.807) is 48.5 Å². The van der Waals surface area contributed by atoms with Crippen molar-refractivity contribution < 1.29 is 14.0 Å². The lowest BCUT2D eigenvalue weighted by Gasteiger charge is -2.07. The molecule has 24 heavy (non-hydrogen) atoms. The van der Waals surface area contributed by atoms with E-state index in [1.807, 2.05) is 6.92 Å². The predicted molar refractivity (Wildman–Crippen MR) is 90.0 cm³/mol. The quantitative estimate of drug-likeness (QED) is 0.770. The van der Waals surface area contributed by atoms with Gasteiger partial charge in [-0.1, -0.05) is 0 Å². The fourth-order valence-corrected chi connectivity index (χ4v) is 2.04. The van der Waals surface area contributed by atoms with Gasteiger partial charge in [-0.3, -0.25) is 14.6 Å². The average Bonchev–Trinajstić information content (AvgIpc) is 3.12. The van der Waals surface area contributed by atoms with Gasteiger partial charge in [-0.2, -0.15) is 0 Å². The molecule has 0 aliphatic heterocycles. The van der Waals surface area contributed by atoms with Crippen molar-refractivity contribution in [2.24, 2.45) is 0 Å². The van der Waals surface area contributed by atoms with Crippen molar-refractivity contribution in [3.63, 3.8) is 0 Å². The number of amides is 2. The number of nitrogens with one attached hydrogen (secondary N) is 2. The van der Waals surface area contributed by atoms with Crippen LogP contribution in [0.1, 0.15) is 26.6 Å². The van der Waals surface area contributed by atoms with Crippen LogP contribution >= 0.6 is 0 Å². The Morgan fingerprint density at radius 1 is 0.917 bits per heavy atom. The van der Waals surface area contributed by atoms with E-state index < -0.39 is 0 Å². The van der Waals surface area contributed by atoms with Gasteiger partial charge in [0.2, 0.25) is 0 Å². The van der Waals surface area contributed by atoms with E-state index in [1.165, 1.54) is 12.5 Å². The van der Waals surface area contributed by atoms with Crippen LogP contribution in [-0.4, -0.2) is 16.8 Å². The zero-order chi connectivity index (χ0) is 16.9. The summed E-state index contributed by atoms with van der Waals surface area (Å²) in [5.41, 5.74) is 2.56. The highest BCUT2D eigenvalue weighted by molar-refractivity contribution is 6.04. The standard InChI is InChI=1S/C18H15N3O3/c1-12-4-5-13(11-19-12)17(22)20-14-6-8-15(9-7-14)21-18(23)16-3-2-10-24-16/h2-11H,1H3,(H,20,22)(H,21,23). The first-order chi connectivity index (χ1) is 11.6. The minimum atomic E-state index is -0.331. The number of rotatable bonds is 4. The lowest BCUT2D eigenvalue weighted by Crippen LogP contribution is -2.13. The highest BCUT2D eigenvalue weighted by atomic mass is 16.3. The van der Waals surface area contributed by atoms with Crippen LogP contribution in [0.25, 0.3) is 0 Å². The highest BCUT2D eigenvalue weighted by Gasteiger charge is 2.09. The van der Waals surface area contributed by atoms with E-state index in [0.717, 1.165) is 5.69 Å². The molecule has 0 aliphatic rings. The van der Waals surface area contributed by atoms with Gasteiger partial charge in [-0.05, 0) is 55.5 Å². The molecule has 0 saturated heterocycles. The number of aryl methyl sites for hydroxylation is 1. The second kappa shape index (κ2) is 6.78. The molecule has 0 aliphatic carbocycles. The summed E-state index contributed by atoms with van der Waals surface area (Å²) in [6.07, 6.45) is 2.97. The maximum atomic E-state index is 12.1. The maximum absolute atomic E-state index is 12.1. The molecule has 2 N–H and O–H groups in total. The van der Waals surface area contributed by atoms with Crippen molar-refractivity contribution in [3.8, 4) is 0 Å². The first-order valence-corrected chi connectivity index (χ1v) is 7.31. The van der Waals surface area contributed by atoms with Gasteiger partial charge in [0.25, 0.3) is 11.8 Å². The van der Waals surface area contributed by atoms with Gasteiger partial charge in [-0.25, -0.2) is 0 Å². The summed E-state index contributed by atoms with van der Waals surface area (Å²) in [7, 11) is 0. The van der Waals surface area contributed by atoms with Crippen LogP contribution in [0.2, 0.25) is 0 Å². The Kier molecular flexibility index (Phi) is 4.38. The molecule has 0 spiro atoms. The number of aromatic nitrogens is 1. The van der Waals surface area contributed by atoms with Crippen LogP contribution in [0.3, 0.4) is 0 Å². The molecule has 0 atom stereocenters. The second-order valence-electron chi connectivity index (χ2n) is 5.15. The van der Waals surface area contributed by atoms with Crippen molar-refractivity contribution in [1.82, 2.24) is 4.98 Å². The summed E-state index contributed by atoms with van der Waals surface area (Å²) in [5, 5.41) is 5.48. The predicted octanol–water partition coefficient (Wildman–Crippen LogP) is 3.49. The van der Waals surface area contributed by atoms with Crippen LogP contribution in [0, 0.1) is 6.92 Å². The normalized spacial score (nSPS) is 10.2. The lowest BCUT2D eigenvalue weighted by atomic mass is 10.2. The Morgan fingerprint density at radius 3 is 2.12 bits per heavy atom. The van der Waals surface area contributed by atoms with E-state index in [4.69, 9.17) is 4.42 Å². The minimum Gasteiger partial charge on any atom is -0.459 e. The van der Waals surface area contributed by atoms with E-state index in [0.29, 0.717) is 16.9 Å². The summed E-state index contributed by atoms with van der Waals surface area (Å²) < 4.78 is 5.03. The first-order valence-electron chi connectivity index (χ1n) is 7.31. The monoisotopic (exact) mass is 321 g/mol. The number of hydrogen-bond acceptors (Lipinski definition) is 4. The molecular weight excluding hydrogens is 306 g/mol. The molecule has 2 amide bonds. The van der Waals surface area contributed by atoms with Crippen LogP contribution < -0.4 is 10.6 Å². The molecular formula is C18H15N3O3. The Balaban J connectivity index is 1.63. The topological polar surface area (TPSA) is 84.2 Å². The number of carbonyl (C=O) groups is 2. The number of furan rings is 1. The molecule has 1 aromatic carbocycles. The molecule has 0 saturated carbocycles. The van der Waals surface area contributed by atoms with Crippen molar-refractivity contribution in [2.45, 2.75) is 6.92 Å². The molecule has 0 radical (unpaired) electrons. The SMILES string of the molecule is Cc1ccc(C(=O)Nc2ccc(NC(=O)c3ccco3)cc2)cn1. The summed E-state index contributed by atoms with van der Waals surface area (Å²) in [6, 6.07) is 13.5. The van der Waals surface area contributed by atoms with Crippen molar-refractivity contribution in [1.29, 1.82) is 0 Å². The van der Waals surface area contributed by atoms with Crippen LogP contribution in [0.5, 0.6) is 0 Å². The Bertz CT molecular complexity index is 838. The fraction of sp³-hybridized carbons (Fsp3) is 0.0556. The van der Waals surface area contributed by atoms with Gasteiger partial charge < -0.3 is 15.1 Å². The van der Waals surface area contributed by atoms with Gasteiger partial charge in [0.05, 0.1) is 11.8 Å². The number of carbonyl (C=O) groups excluding carboxylic acids is 2. The van der Waals surface area contributed by atoms with Gasteiger partial charge in [0.15, 0.2) is 5.76 Å². The Morgan fingerprint density at radius 2 is 1.58 bits per heavy atom. The minimum absolute atomic E-state index is 0.235. The zero-order valence-electron chi connectivity index (χ0n) is 12.9. The largest absolute Gasteiger partial charge is 0.459 e. The third-order valence-corrected chi connectivity index (χ3v) is 3.32. The van der Waals surface area contributed by atoms with E-state index in [2.05, 4.69) is 15.6 Å². The number of pyridine rings is 1. The molecule has 6 heteroatoms. The van der Waals surface area contributed by atoms with Gasteiger partial charge in [-0.15, -0.1) is 0 Å². The summed E-state index contributed by atoms with van der Waals surface area (Å²) in [4.78, 5) is 28.1. The fourth-order valence-electron chi connectivity index (χ4n) is 2.04. The number of hydrogen-bond donors (Lipinski definition) is 2. The smallest absolute Gasteiger partial charge is 0.291 e. The highest BCUT2D eigenvalue weighted by Crippen LogP contribution is 2.16. The molecule has 0 fully saturated rings. The third-order valence-electron chi connectivity index (χ3n) is 3.32. The van der Waals surface area contributed by atoms with Crippen molar-refractivity contribution in [3.05, 3.63) is 78.0 Å².